The van der Waals surface area contributed by atoms with Crippen LogP contribution in [0, 0.1) is 6.92 Å². The fourth-order valence-corrected chi connectivity index (χ4v) is 6.93. The van der Waals surface area contributed by atoms with Crippen LogP contribution in [-0.2, 0) is 32.7 Å². The molecule has 3 unspecified atom stereocenters. The number of nitrogens with zero attached hydrogens (tertiary/aromatic N) is 3. The lowest BCUT2D eigenvalue weighted by molar-refractivity contribution is 0.109. The molecule has 0 amide bonds. The van der Waals surface area contributed by atoms with Gasteiger partial charge < -0.3 is 22.6 Å². The highest BCUT2D eigenvalue weighted by Gasteiger charge is 2.25. The number of ether oxygens (including phenoxy) is 3. The zero-order valence-electron chi connectivity index (χ0n) is 31.2. The number of benzene rings is 2. The number of hydrogen-bond acceptors (Lipinski definition) is 9. The van der Waals surface area contributed by atoms with E-state index in [4.69, 9.17) is 34.2 Å². The van der Waals surface area contributed by atoms with Crippen molar-refractivity contribution in [2.75, 3.05) is 37.7 Å². The van der Waals surface area contributed by atoms with Gasteiger partial charge in [-0.1, -0.05) is 84.4 Å². The number of anilines is 1. The highest BCUT2D eigenvalue weighted by atomic mass is 35.5. The van der Waals surface area contributed by atoms with Gasteiger partial charge in [0.15, 0.2) is 34.5 Å². The Morgan fingerprint density at radius 2 is 1.56 bits per heavy atom. The Morgan fingerprint density at radius 1 is 0.885 bits per heavy atom. The van der Waals surface area contributed by atoms with Crippen LogP contribution < -0.4 is 27.3 Å². The molecule has 3 N–H and O–H groups in total. The number of rotatable bonds is 23. The van der Waals surface area contributed by atoms with Gasteiger partial charge in [-0.2, -0.15) is 13.0 Å². The van der Waals surface area contributed by atoms with Crippen LogP contribution in [0.4, 0.5) is 5.69 Å². The molecule has 0 aliphatic carbocycles. The largest absolute Gasteiger partial charge is 0.490 e. The average molecular weight is 781 g/mol. The zero-order valence-corrected chi connectivity index (χ0v) is 33.6. The first-order chi connectivity index (χ1) is 24.9. The number of fused-ring (bicyclic) bond motifs is 1. The number of aryl methyl sites for hydroxylation is 1. The third kappa shape index (κ3) is 12.4. The summed E-state index contributed by atoms with van der Waals surface area (Å²) in [4.78, 5) is 4.60. The van der Waals surface area contributed by atoms with E-state index in [1.807, 2.05) is 32.9 Å². The van der Waals surface area contributed by atoms with E-state index in [-0.39, 0.29) is 30.2 Å². The third-order valence-corrected chi connectivity index (χ3v) is 9.80. The Balaban J connectivity index is 1.38. The monoisotopic (exact) mass is 780 g/mol. The maximum Gasteiger partial charge on any atom is 0.316 e. The minimum Gasteiger partial charge on any atom is -0.490 e. The van der Waals surface area contributed by atoms with Gasteiger partial charge in [-0.25, -0.2) is 9.71 Å². The molecule has 0 fully saturated rings. The molecule has 52 heavy (non-hydrogen) atoms. The van der Waals surface area contributed by atoms with Crippen LogP contribution in [-0.4, -0.2) is 61.2 Å². The summed E-state index contributed by atoms with van der Waals surface area (Å²) >= 11 is 2.60. The molecule has 0 saturated heterocycles. The quantitative estimate of drug-likeness (QED) is 0.0639. The number of hydrogen-bond donors (Lipinski definition) is 3. The fraction of sp³-hybridized carbons (Fsp3) is 0.556. The molecular formula is C36H53ClN6O7S2. The molecule has 13 nitrogen and oxygen atoms in total. The van der Waals surface area contributed by atoms with Gasteiger partial charge in [0.2, 0.25) is 0 Å². The van der Waals surface area contributed by atoms with Crippen molar-refractivity contribution in [1.82, 2.24) is 24.5 Å². The van der Waals surface area contributed by atoms with Crippen LogP contribution in [0.3, 0.4) is 0 Å². The standard InChI is InChI=1S/C36H53ClN6O7S2/c1-8-10-11-12-13-14-19-47-28-17-15-25(3)22-30(28)50-52(45)42-27-16-18-29(48-21-20-46-9-2)31(23-27)49-51(44)38-24-26(4)34-39-35-32(37)33(36(5,6)7)40-43(35)41-34/h15-18,22-23,26,38,40,42H,8-14,19-21,24H2,1-7H3. The van der Waals surface area contributed by atoms with Crippen molar-refractivity contribution in [3.05, 3.63) is 58.5 Å². The molecule has 0 bridgehead atoms. The Hall–Kier alpha value is -3.37. The molecule has 0 aliphatic heterocycles. The SMILES string of the molecule is CCCCCCCCOc1ccc(C)cc1OS(=O)Nc1ccc(OCCOCC)c(OS(=O)NCC(C)c2nc3c(Cl)c(C(C)(C)C)[nH]n3n2)c1. The number of unbranched alkanes of at least 4 members (excludes halogenated alkanes) is 5. The Bertz CT molecular complexity index is 1780. The van der Waals surface area contributed by atoms with Crippen molar-refractivity contribution in [1.29, 1.82) is 0 Å². The maximum atomic E-state index is 13.2. The van der Waals surface area contributed by atoms with E-state index in [0.717, 1.165) is 24.1 Å². The highest BCUT2D eigenvalue weighted by molar-refractivity contribution is 7.82. The lowest BCUT2D eigenvalue weighted by atomic mass is 9.92. The van der Waals surface area contributed by atoms with E-state index in [1.165, 1.54) is 25.7 Å². The minimum absolute atomic E-state index is 0.158. The van der Waals surface area contributed by atoms with Crippen LogP contribution in [0.2, 0.25) is 5.02 Å². The molecule has 2 aromatic carbocycles. The summed E-state index contributed by atoms with van der Waals surface area (Å²) in [6.45, 7) is 16.0. The highest BCUT2D eigenvalue weighted by Crippen LogP contribution is 2.34. The topological polar surface area (TPSA) is 150 Å². The summed E-state index contributed by atoms with van der Waals surface area (Å²) in [6, 6.07) is 10.4. The molecule has 288 valence electrons. The van der Waals surface area contributed by atoms with Crippen molar-refractivity contribution in [3.8, 4) is 23.0 Å². The summed E-state index contributed by atoms with van der Waals surface area (Å²) in [5, 5.41) is 8.26. The summed E-state index contributed by atoms with van der Waals surface area (Å²) in [5.41, 5.74) is 2.50. The van der Waals surface area contributed by atoms with Gasteiger partial charge in [-0.15, -0.1) is 5.10 Å². The van der Waals surface area contributed by atoms with E-state index in [0.29, 0.717) is 59.3 Å². The predicted molar refractivity (Wildman–Crippen MR) is 207 cm³/mol. The number of H-pyrrole nitrogens is 1. The van der Waals surface area contributed by atoms with E-state index in [1.54, 1.807) is 28.9 Å². The van der Waals surface area contributed by atoms with Gasteiger partial charge in [-0.3, -0.25) is 9.82 Å². The van der Waals surface area contributed by atoms with E-state index in [2.05, 4.69) is 52.3 Å². The summed E-state index contributed by atoms with van der Waals surface area (Å²) in [6.07, 6.45) is 6.90. The number of aromatic amines is 1. The van der Waals surface area contributed by atoms with Crippen molar-refractivity contribution in [2.45, 2.75) is 98.3 Å². The van der Waals surface area contributed by atoms with Gasteiger partial charge >= 0.3 is 11.3 Å². The van der Waals surface area contributed by atoms with Crippen molar-refractivity contribution < 1.29 is 31.0 Å². The zero-order chi connectivity index (χ0) is 37.7. The van der Waals surface area contributed by atoms with Crippen LogP contribution in [0.25, 0.3) is 5.65 Å². The predicted octanol–water partition coefficient (Wildman–Crippen LogP) is 7.89. The third-order valence-electron chi connectivity index (χ3n) is 7.98. The van der Waals surface area contributed by atoms with Crippen LogP contribution in [0.1, 0.15) is 103 Å². The normalized spacial score (nSPS) is 13.5. The summed E-state index contributed by atoms with van der Waals surface area (Å²) in [7, 11) is 0. The lowest BCUT2D eigenvalue weighted by Gasteiger charge is -2.16. The molecule has 4 rings (SSSR count). The van der Waals surface area contributed by atoms with Crippen LogP contribution in [0.15, 0.2) is 36.4 Å². The van der Waals surface area contributed by atoms with Crippen molar-refractivity contribution >= 4 is 45.5 Å². The molecule has 0 saturated carbocycles. The summed E-state index contributed by atoms with van der Waals surface area (Å²) < 4.78 is 62.4. The smallest absolute Gasteiger partial charge is 0.316 e. The second kappa shape index (κ2) is 20.2. The first-order valence-electron chi connectivity index (χ1n) is 17.8. The van der Waals surface area contributed by atoms with Gasteiger partial charge in [0, 0.05) is 30.6 Å². The average Bonchev–Trinajstić information content (AvgIpc) is 3.66. The lowest BCUT2D eigenvalue weighted by Crippen LogP contribution is -2.26. The first-order valence-corrected chi connectivity index (χ1v) is 20.3. The molecular weight excluding hydrogens is 728 g/mol. The molecule has 3 atom stereocenters. The summed E-state index contributed by atoms with van der Waals surface area (Å²) in [5.74, 6) is 1.67. The second-order valence-corrected chi connectivity index (χ2v) is 15.7. The Kier molecular flexibility index (Phi) is 16.1. The van der Waals surface area contributed by atoms with E-state index in [9.17, 15) is 8.42 Å². The van der Waals surface area contributed by atoms with Gasteiger partial charge in [0.25, 0.3) is 11.3 Å². The Morgan fingerprint density at radius 3 is 2.27 bits per heavy atom. The van der Waals surface area contributed by atoms with Gasteiger partial charge in [0.1, 0.15) is 11.6 Å². The van der Waals surface area contributed by atoms with Crippen molar-refractivity contribution in [3.63, 3.8) is 0 Å². The number of halogens is 1. The fourth-order valence-electron chi connectivity index (χ4n) is 5.09. The molecule has 0 radical (unpaired) electrons. The molecule has 16 heteroatoms. The molecule has 0 spiro atoms. The van der Waals surface area contributed by atoms with Crippen molar-refractivity contribution in [2.24, 2.45) is 0 Å². The molecule has 2 heterocycles. The minimum atomic E-state index is -2.00. The maximum absolute atomic E-state index is 13.2. The number of aromatic nitrogens is 4. The molecule has 4 aromatic rings. The molecule has 2 aromatic heterocycles. The number of nitrogens with one attached hydrogen (secondary N) is 3. The van der Waals surface area contributed by atoms with Gasteiger partial charge in [-0.05, 0) is 50.1 Å². The van der Waals surface area contributed by atoms with Crippen LogP contribution >= 0.6 is 11.6 Å². The van der Waals surface area contributed by atoms with Crippen LogP contribution in [0.5, 0.6) is 23.0 Å². The molecule has 0 aliphatic rings. The Labute approximate surface area is 317 Å². The second-order valence-electron chi connectivity index (χ2n) is 13.5. The van der Waals surface area contributed by atoms with Gasteiger partial charge in [0.05, 0.1) is 24.6 Å². The van der Waals surface area contributed by atoms with E-state index >= 15 is 0 Å². The van der Waals surface area contributed by atoms with E-state index < -0.39 is 22.5 Å². The first kappa shape index (κ1) is 41.4.